The van der Waals surface area contributed by atoms with Crippen LogP contribution in [0, 0.1) is 5.92 Å². The van der Waals surface area contributed by atoms with Gasteiger partial charge in [-0.1, -0.05) is 131 Å². The van der Waals surface area contributed by atoms with E-state index in [-0.39, 0.29) is 38.4 Å². The molecule has 13 nitrogen and oxygen atoms in total. The van der Waals surface area contributed by atoms with Gasteiger partial charge in [-0.25, -0.2) is 4.57 Å². The molecule has 366 valence electrons. The average molecular weight is 923 g/mol. The van der Waals surface area contributed by atoms with Crippen molar-refractivity contribution in [2.75, 3.05) is 47.5 Å². The van der Waals surface area contributed by atoms with Gasteiger partial charge in [0.25, 0.3) is 0 Å². The highest BCUT2D eigenvalue weighted by molar-refractivity contribution is 7.47. The highest BCUT2D eigenvalue weighted by Gasteiger charge is 2.35. The molecule has 14 heteroatoms. The number of nitrogens with zero attached hydrogens (tertiary/aromatic N) is 1. The lowest BCUT2D eigenvalue weighted by Gasteiger charge is -2.36. The van der Waals surface area contributed by atoms with Gasteiger partial charge in [0.05, 0.1) is 46.1 Å². The van der Waals surface area contributed by atoms with Crippen molar-refractivity contribution >= 4 is 19.8 Å². The van der Waals surface area contributed by atoms with Crippen LogP contribution in [0.25, 0.3) is 0 Å². The second-order valence-electron chi connectivity index (χ2n) is 17.3. The summed E-state index contributed by atoms with van der Waals surface area (Å²) in [6.07, 6.45) is 38.4. The summed E-state index contributed by atoms with van der Waals surface area (Å²) >= 11 is 0. The molecule has 0 aromatic heterocycles. The lowest BCUT2D eigenvalue weighted by atomic mass is 9.87. The van der Waals surface area contributed by atoms with Crippen LogP contribution < -0.4 is 0 Å². The molecule has 0 saturated carbocycles. The van der Waals surface area contributed by atoms with Crippen LogP contribution in [0.2, 0.25) is 0 Å². The summed E-state index contributed by atoms with van der Waals surface area (Å²) in [7, 11) is 1.27. The van der Waals surface area contributed by atoms with Crippen LogP contribution in [0.15, 0.2) is 85.1 Å². The molecule has 0 aliphatic carbocycles. The van der Waals surface area contributed by atoms with Crippen molar-refractivity contribution in [2.45, 2.75) is 167 Å². The first-order valence-corrected chi connectivity index (χ1v) is 25.2. The monoisotopic (exact) mass is 923 g/mol. The molecule has 4 N–H and O–H groups in total. The van der Waals surface area contributed by atoms with Gasteiger partial charge in [0.1, 0.15) is 19.8 Å². The van der Waals surface area contributed by atoms with Crippen LogP contribution in [0.1, 0.15) is 136 Å². The highest BCUT2D eigenvalue weighted by atomic mass is 31.2. The molecule has 1 aliphatic rings. The Morgan fingerprint density at radius 1 is 0.734 bits per heavy atom. The predicted octanol–water partition coefficient (Wildman–Crippen LogP) is 9.68. The van der Waals surface area contributed by atoms with Crippen molar-refractivity contribution in [3.63, 3.8) is 0 Å². The van der Waals surface area contributed by atoms with Crippen LogP contribution in [-0.2, 0) is 37.4 Å². The first-order valence-electron chi connectivity index (χ1n) is 23.7. The lowest BCUT2D eigenvalue weighted by molar-refractivity contribution is -0.870. The number of hydrogen-bond donors (Lipinski definition) is 4. The van der Waals surface area contributed by atoms with E-state index < -0.39 is 57.1 Å². The largest absolute Gasteiger partial charge is 0.472 e. The van der Waals surface area contributed by atoms with Gasteiger partial charge in [0, 0.05) is 25.2 Å². The normalized spacial score (nSPS) is 20.8. The summed E-state index contributed by atoms with van der Waals surface area (Å²) in [6.45, 7) is 3.87. The van der Waals surface area contributed by atoms with E-state index in [1.807, 2.05) is 45.4 Å². The maximum absolute atomic E-state index is 12.7. The molecule has 0 aromatic rings. The zero-order chi connectivity index (χ0) is 47.3. The number of carbonyl (C=O) groups is 2. The number of aliphatic hydroxyl groups excluding tert-OH is 3. The average Bonchev–Trinajstić information content (AvgIpc) is 3.23. The number of unbranched alkanes of at least 4 members (excludes halogenated alkanes) is 6. The second-order valence-corrected chi connectivity index (χ2v) is 18.8. The van der Waals surface area contributed by atoms with Crippen molar-refractivity contribution in [1.29, 1.82) is 0 Å². The molecule has 0 spiro atoms. The van der Waals surface area contributed by atoms with Crippen LogP contribution >= 0.6 is 7.82 Å². The standard InChI is InChI=1S/C50H84NO12P/c1-6-8-10-11-12-13-14-15-16-17-18-19-20-21-22-23-24-25-31-35-49(55)62-44(42-61-64(57,58)60-39-38-51(3,4)5)41-59-48(54)34-30-27-26-29-33-45-46(53)40-50(56)63-47(45)37-36-43(52)32-28-9-7-2/h12-13,15-16,18-19,21-22,24-26,29,36-37,43-47,50,52-53,56H,6-11,14,17,20,23,27-28,30-35,38-42H2,1-5H3/p+1/b13-12-,16-15-,19-18-,22-21-,25-24-,29-26-,37-36+/t43-,44+,45-,46-,47+,50?/m0/s1. The topological polar surface area (TPSA) is 178 Å². The molecule has 1 rings (SSSR count). The Balaban J connectivity index is 2.56. The van der Waals surface area contributed by atoms with Gasteiger partial charge in [-0.15, -0.1) is 0 Å². The quantitative estimate of drug-likeness (QED) is 0.0153. The Hall–Kier alpha value is -2.97. The smallest absolute Gasteiger partial charge is 0.462 e. The Kier molecular flexibility index (Phi) is 34.3. The zero-order valence-corrected chi connectivity index (χ0v) is 40.7. The number of allylic oxidation sites excluding steroid dienone is 12. The zero-order valence-electron chi connectivity index (χ0n) is 39.8. The number of phosphoric ester groups is 1. The summed E-state index contributed by atoms with van der Waals surface area (Å²) < 4.78 is 39.9. The third-order valence-electron chi connectivity index (χ3n) is 10.2. The Labute approximate surface area is 385 Å². The molecule has 1 heterocycles. The van der Waals surface area contributed by atoms with Crippen LogP contribution in [0.4, 0.5) is 0 Å². The molecule has 1 aliphatic heterocycles. The number of likely N-dealkylation sites (N-methyl/N-ethyl adjacent to an activating group) is 1. The summed E-state index contributed by atoms with van der Waals surface area (Å²) in [5.41, 5.74) is 0. The maximum atomic E-state index is 12.7. The number of aliphatic hydroxyl groups is 3. The molecule has 2 unspecified atom stereocenters. The van der Waals surface area contributed by atoms with E-state index in [4.69, 9.17) is 23.3 Å². The van der Waals surface area contributed by atoms with E-state index >= 15 is 0 Å². The van der Waals surface area contributed by atoms with E-state index in [1.165, 1.54) is 19.3 Å². The first kappa shape index (κ1) is 59.0. The minimum absolute atomic E-state index is 0.0301. The molecule has 1 fully saturated rings. The molecular weight excluding hydrogens is 838 g/mol. The molecular formula is C50H85NO12P+. The fourth-order valence-corrected chi connectivity index (χ4v) is 7.13. The van der Waals surface area contributed by atoms with Gasteiger partial charge < -0.3 is 38.9 Å². The fraction of sp³-hybridized carbons (Fsp3) is 0.680. The van der Waals surface area contributed by atoms with Crippen LogP contribution in [0.5, 0.6) is 0 Å². The Bertz CT molecular complexity index is 1480. The van der Waals surface area contributed by atoms with Crippen molar-refractivity contribution in [3.8, 4) is 0 Å². The van der Waals surface area contributed by atoms with Crippen molar-refractivity contribution in [1.82, 2.24) is 0 Å². The third-order valence-corrected chi connectivity index (χ3v) is 11.2. The van der Waals surface area contributed by atoms with E-state index in [0.29, 0.717) is 43.1 Å². The van der Waals surface area contributed by atoms with E-state index in [0.717, 1.165) is 51.4 Å². The molecule has 0 radical (unpaired) electrons. The predicted molar refractivity (Wildman–Crippen MR) is 255 cm³/mol. The fourth-order valence-electron chi connectivity index (χ4n) is 6.39. The first-order chi connectivity index (χ1) is 30.7. The SMILES string of the molecule is CCCCC/C=C\C/C=C\C/C=C\C/C=C\C/C=C\CCC(=O)O[C@H](COC(=O)CCC/C=C\C[C@H]1[C@@H](O)CC(O)O[C@@H]1/C=C/[C@@H](O)CCCCC)COP(=O)(O)OCC[N+](C)(C)C. The van der Waals surface area contributed by atoms with Gasteiger partial charge in [0.15, 0.2) is 12.4 Å². The van der Waals surface area contributed by atoms with Gasteiger partial charge in [-0.2, -0.15) is 0 Å². The van der Waals surface area contributed by atoms with E-state index in [1.54, 1.807) is 12.2 Å². The van der Waals surface area contributed by atoms with E-state index in [9.17, 15) is 34.4 Å². The number of hydrogen-bond acceptors (Lipinski definition) is 11. The van der Waals surface area contributed by atoms with Gasteiger partial charge >= 0.3 is 19.8 Å². The lowest BCUT2D eigenvalue weighted by Crippen LogP contribution is -2.43. The molecule has 0 amide bonds. The van der Waals surface area contributed by atoms with Crippen LogP contribution in [-0.4, -0.2) is 115 Å². The molecule has 7 atom stereocenters. The second kappa shape index (κ2) is 37.2. The number of ether oxygens (including phenoxy) is 3. The van der Waals surface area contributed by atoms with Crippen molar-refractivity contribution in [2.24, 2.45) is 5.92 Å². The van der Waals surface area contributed by atoms with Crippen LogP contribution in [0.3, 0.4) is 0 Å². The van der Waals surface area contributed by atoms with Crippen molar-refractivity contribution in [3.05, 3.63) is 85.1 Å². The molecule has 0 bridgehead atoms. The molecule has 0 aromatic carbocycles. The summed E-state index contributed by atoms with van der Waals surface area (Å²) in [4.78, 5) is 35.6. The highest BCUT2D eigenvalue weighted by Crippen LogP contribution is 2.43. The maximum Gasteiger partial charge on any atom is 0.472 e. The minimum atomic E-state index is -4.47. The number of rotatable bonds is 37. The number of phosphoric acid groups is 1. The van der Waals surface area contributed by atoms with E-state index in [2.05, 4.69) is 62.5 Å². The number of esters is 2. The summed E-state index contributed by atoms with van der Waals surface area (Å²) in [5, 5.41) is 31.0. The third kappa shape index (κ3) is 34.4. The van der Waals surface area contributed by atoms with Crippen molar-refractivity contribution < 1.29 is 62.1 Å². The minimum Gasteiger partial charge on any atom is -0.462 e. The molecule has 1 saturated heterocycles. The van der Waals surface area contributed by atoms with Gasteiger partial charge in [-0.05, 0) is 70.6 Å². The Morgan fingerprint density at radius 2 is 1.31 bits per heavy atom. The Morgan fingerprint density at radius 3 is 1.94 bits per heavy atom. The summed E-state index contributed by atoms with van der Waals surface area (Å²) in [6, 6.07) is 0. The summed E-state index contributed by atoms with van der Waals surface area (Å²) in [5.74, 6) is -1.41. The number of quaternary nitrogens is 1. The molecule has 64 heavy (non-hydrogen) atoms. The number of carbonyl (C=O) groups excluding carboxylic acids is 2. The van der Waals surface area contributed by atoms with Gasteiger partial charge in [-0.3, -0.25) is 18.6 Å². The van der Waals surface area contributed by atoms with Gasteiger partial charge in [0.2, 0.25) is 0 Å².